The lowest BCUT2D eigenvalue weighted by Crippen LogP contribution is -2.12. The minimum Gasteiger partial charge on any atom is -0.454 e. The Labute approximate surface area is 342 Å². The van der Waals surface area contributed by atoms with Crippen molar-refractivity contribution in [2.75, 3.05) is 0 Å². The number of nitrogens with zero attached hydrogens (tertiary/aromatic N) is 1. The van der Waals surface area contributed by atoms with Crippen LogP contribution in [0.25, 0.3) is 27.5 Å². The highest BCUT2D eigenvalue weighted by Crippen LogP contribution is 2.80. The molecule has 0 spiro atoms. The van der Waals surface area contributed by atoms with E-state index in [0.29, 0.717) is 0 Å². The molecule has 0 saturated heterocycles. The van der Waals surface area contributed by atoms with Crippen molar-refractivity contribution in [1.82, 2.24) is 4.57 Å². The van der Waals surface area contributed by atoms with Crippen molar-refractivity contribution < 1.29 is 4.74 Å². The van der Waals surface area contributed by atoms with Gasteiger partial charge in [-0.25, -0.2) is 0 Å². The zero-order valence-electron chi connectivity index (χ0n) is 31.7. The van der Waals surface area contributed by atoms with Crippen LogP contribution < -0.4 is 4.74 Å². The van der Waals surface area contributed by atoms with Gasteiger partial charge in [-0.3, -0.25) is 0 Å². The first-order valence-corrected chi connectivity index (χ1v) is 22.9. The maximum Gasteiger partial charge on any atom is 0.150 e. The van der Waals surface area contributed by atoms with Crippen LogP contribution in [0.5, 0.6) is 11.5 Å². The van der Waals surface area contributed by atoms with Crippen molar-refractivity contribution in [3.63, 3.8) is 0 Å². The van der Waals surface area contributed by atoms with Crippen LogP contribution in [0.1, 0.15) is 0 Å². The van der Waals surface area contributed by atoms with Gasteiger partial charge in [-0.05, 0) is 109 Å². The second kappa shape index (κ2) is 14.0. The Kier molecular flexibility index (Phi) is 8.35. The van der Waals surface area contributed by atoms with Crippen LogP contribution in [0.15, 0.2) is 276 Å². The van der Waals surface area contributed by atoms with Crippen LogP contribution in [0.3, 0.4) is 0 Å². The molecule has 0 bridgehead atoms. The van der Waals surface area contributed by atoms with Crippen molar-refractivity contribution >= 4 is 41.9 Å². The van der Waals surface area contributed by atoms with E-state index in [4.69, 9.17) is 4.74 Å². The first-order chi connectivity index (χ1) is 28.8. The number of benzene rings is 9. The first kappa shape index (κ1) is 34.5. The van der Waals surface area contributed by atoms with Crippen molar-refractivity contribution in [3.05, 3.63) is 237 Å². The smallest absolute Gasteiger partial charge is 0.150 e. The predicted molar refractivity (Wildman–Crippen MR) is 241 cm³/mol. The van der Waals surface area contributed by atoms with Crippen molar-refractivity contribution in [3.8, 4) is 17.2 Å². The molecule has 0 amide bonds. The Morgan fingerprint density at radius 1 is 0.379 bits per heavy atom. The van der Waals surface area contributed by atoms with E-state index in [2.05, 4.69) is 241 Å². The molecule has 0 fully saturated rings. The zero-order chi connectivity index (χ0) is 38.5. The van der Waals surface area contributed by atoms with Crippen LogP contribution in [-0.4, -0.2) is 4.57 Å². The summed E-state index contributed by atoms with van der Waals surface area (Å²) in [7, 11) is -3.83. The molecule has 0 atom stereocenters. The molecule has 1 aliphatic rings. The molecule has 10 aromatic rings. The van der Waals surface area contributed by atoms with Crippen LogP contribution in [-0.2, 0) is 0 Å². The Hall–Kier alpha value is -6.72. The summed E-state index contributed by atoms with van der Waals surface area (Å²) in [5, 5.41) is 2.30. The van der Waals surface area contributed by atoms with E-state index in [1.807, 2.05) is 0 Å². The number of para-hydroxylation sites is 2. The molecule has 0 radical (unpaired) electrons. The molecular formula is C54H39NOS2. The van der Waals surface area contributed by atoms with E-state index in [1.54, 1.807) is 0 Å². The highest BCUT2D eigenvalue weighted by atomic mass is 32.3. The number of hydrogen-bond donors (Lipinski definition) is 0. The number of aromatic nitrogens is 1. The van der Waals surface area contributed by atoms with E-state index < -0.39 is 20.1 Å². The summed E-state index contributed by atoms with van der Waals surface area (Å²) in [4.78, 5) is 10.2. The van der Waals surface area contributed by atoms with Gasteiger partial charge in [-0.2, -0.15) is 0 Å². The minimum atomic E-state index is -1.94. The summed E-state index contributed by atoms with van der Waals surface area (Å²) in [6, 6.07) is 86.8. The number of hydrogen-bond acceptors (Lipinski definition) is 1. The highest BCUT2D eigenvalue weighted by Gasteiger charge is 2.42. The fourth-order valence-electron chi connectivity index (χ4n) is 9.04. The molecule has 1 aromatic heterocycles. The summed E-state index contributed by atoms with van der Waals surface area (Å²) < 4.78 is 9.66. The van der Waals surface area contributed by atoms with E-state index in [1.165, 1.54) is 44.6 Å². The quantitative estimate of drug-likeness (QED) is 0.157. The first-order valence-electron chi connectivity index (χ1n) is 19.7. The number of ether oxygens (including phenoxy) is 1. The van der Waals surface area contributed by atoms with E-state index in [-0.39, 0.29) is 0 Å². The van der Waals surface area contributed by atoms with E-state index >= 15 is 0 Å². The third-order valence-corrected chi connectivity index (χ3v) is 19.2. The topological polar surface area (TPSA) is 14.2 Å². The number of rotatable bonds is 7. The van der Waals surface area contributed by atoms with Crippen molar-refractivity contribution in [2.45, 2.75) is 39.2 Å². The van der Waals surface area contributed by atoms with Gasteiger partial charge in [0.1, 0.15) is 5.75 Å². The third-order valence-electron chi connectivity index (χ3n) is 11.4. The van der Waals surface area contributed by atoms with Gasteiger partial charge in [-0.15, -0.1) is 20.1 Å². The summed E-state index contributed by atoms with van der Waals surface area (Å²) >= 11 is 0. The van der Waals surface area contributed by atoms with E-state index in [0.717, 1.165) is 33.6 Å². The molecule has 4 heteroatoms. The second-order valence-corrected chi connectivity index (χ2v) is 20.6. The van der Waals surface area contributed by atoms with Gasteiger partial charge in [-0.1, -0.05) is 127 Å². The van der Waals surface area contributed by atoms with Gasteiger partial charge >= 0.3 is 0 Å². The number of fused-ring (bicyclic) bond motifs is 6. The fourth-order valence-corrected chi connectivity index (χ4v) is 17.0. The zero-order valence-corrected chi connectivity index (χ0v) is 33.3. The molecule has 2 heterocycles. The summed E-state index contributed by atoms with van der Waals surface area (Å²) in [6.45, 7) is 0. The molecule has 0 unspecified atom stereocenters. The van der Waals surface area contributed by atoms with Gasteiger partial charge in [0.2, 0.25) is 0 Å². The van der Waals surface area contributed by atoms with Gasteiger partial charge in [0, 0.05) is 50.2 Å². The monoisotopic (exact) mass is 781 g/mol. The molecule has 9 aromatic carbocycles. The molecule has 1 aliphatic heterocycles. The molecule has 58 heavy (non-hydrogen) atoms. The minimum absolute atomic E-state index is 0.908. The normalized spacial score (nSPS) is 13.9. The van der Waals surface area contributed by atoms with Gasteiger partial charge in [0.25, 0.3) is 0 Å². The van der Waals surface area contributed by atoms with Crippen LogP contribution >= 0.6 is 20.1 Å². The van der Waals surface area contributed by atoms with Crippen molar-refractivity contribution in [2.24, 2.45) is 0 Å². The second-order valence-electron chi connectivity index (χ2n) is 14.5. The average molecular weight is 782 g/mol. The van der Waals surface area contributed by atoms with Crippen LogP contribution in [0, 0.1) is 0 Å². The lowest BCUT2D eigenvalue weighted by Gasteiger charge is -2.46. The maximum absolute atomic E-state index is 7.21. The Bertz CT molecular complexity index is 2940. The molecule has 11 rings (SSSR count). The largest absolute Gasteiger partial charge is 0.454 e. The maximum atomic E-state index is 7.21. The average Bonchev–Trinajstić information content (AvgIpc) is 3.65. The molecule has 0 saturated carbocycles. The standard InChI is InChI=1S/C54H39NOS2/c1-6-22-41(23-7-1)57(42-24-8-2-9-25-42,43-26-10-3-11-27-43)46-32-20-21-40(39-46)55-48-34-17-16-33-47(48)53-49(55)37-38-52-54(53)56-50-35-18-19-36-51(50)58(52,44-28-12-4-13-29-44)45-30-14-5-15-31-45/h1-39H. The van der Waals surface area contributed by atoms with Crippen LogP contribution in [0.4, 0.5) is 0 Å². The molecule has 2 nitrogen and oxygen atoms in total. The Morgan fingerprint density at radius 2 is 0.879 bits per heavy atom. The summed E-state index contributed by atoms with van der Waals surface area (Å²) in [6.07, 6.45) is 0. The summed E-state index contributed by atoms with van der Waals surface area (Å²) in [5.41, 5.74) is 3.38. The molecule has 0 aliphatic carbocycles. The SMILES string of the molecule is c1ccc(S(c2ccccc2)(c2ccccc2)c2cccc(-n3c4ccccc4c4c5c(ccc43)S(c3ccccc3)(c3ccccc3)c3ccccc3O5)c2)cc1. The Morgan fingerprint density at radius 3 is 1.48 bits per heavy atom. The molecule has 0 N–H and O–H groups in total. The lowest BCUT2D eigenvalue weighted by molar-refractivity contribution is 0.458. The van der Waals surface area contributed by atoms with Gasteiger partial charge in [0.15, 0.2) is 5.75 Å². The third kappa shape index (κ3) is 5.09. The Balaban J connectivity index is 1.22. The van der Waals surface area contributed by atoms with Gasteiger partial charge < -0.3 is 9.30 Å². The van der Waals surface area contributed by atoms with E-state index in [9.17, 15) is 0 Å². The molecule has 278 valence electrons. The molecular weight excluding hydrogens is 743 g/mol. The lowest BCUT2D eigenvalue weighted by atomic mass is 10.1. The van der Waals surface area contributed by atoms with Gasteiger partial charge in [0.05, 0.1) is 16.4 Å². The van der Waals surface area contributed by atoms with Crippen molar-refractivity contribution in [1.29, 1.82) is 0 Å². The van der Waals surface area contributed by atoms with Crippen LogP contribution in [0.2, 0.25) is 0 Å². The fraction of sp³-hybridized carbons (Fsp3) is 0. The summed E-state index contributed by atoms with van der Waals surface area (Å²) in [5.74, 6) is 1.84. The highest BCUT2D eigenvalue weighted by molar-refractivity contribution is 8.34. The predicted octanol–water partition coefficient (Wildman–Crippen LogP) is 15.6.